The number of nitrogens with zero attached hydrogens (tertiary/aromatic N) is 1. The fraction of sp³-hybridized carbons (Fsp3) is 0.809. The van der Waals surface area contributed by atoms with Crippen LogP contribution in [0.5, 0.6) is 0 Å². The maximum atomic E-state index is 14.3. The van der Waals surface area contributed by atoms with Crippen LogP contribution >= 0.6 is 0 Å². The van der Waals surface area contributed by atoms with Crippen molar-refractivity contribution in [1.29, 1.82) is 0 Å². The number of benzene rings is 1. The van der Waals surface area contributed by atoms with E-state index in [9.17, 15) is 33.2 Å². The Hall–Kier alpha value is -4.84. The minimum Gasteiger partial charge on any atom is -0.459 e. The lowest BCUT2D eigenvalue weighted by molar-refractivity contribution is -0.586. The fourth-order valence-electron chi connectivity index (χ4n) is 18.2. The summed E-state index contributed by atoms with van der Waals surface area (Å²) in [4.78, 5) is 125. The molecule has 3 saturated carbocycles. The summed E-state index contributed by atoms with van der Waals surface area (Å²) in [5.41, 5.74) is -5.50. The Bertz CT molecular complexity index is 3080. The molecule has 12 aliphatic heterocycles. The Morgan fingerprint density at radius 1 is 0.489 bits per heavy atom. The monoisotopic (exact) mass is 1330 g/mol. The van der Waals surface area contributed by atoms with Crippen LogP contribution in [0.15, 0.2) is 29.3 Å². The van der Waals surface area contributed by atoms with Crippen LogP contribution in [0.1, 0.15) is 190 Å². The van der Waals surface area contributed by atoms with E-state index in [2.05, 4.69) is 32.7 Å². The zero-order valence-corrected chi connectivity index (χ0v) is 55.5. The fourth-order valence-corrected chi connectivity index (χ4v) is 18.2. The van der Waals surface area contributed by atoms with Gasteiger partial charge in [0.1, 0.15) is 5.82 Å². The Kier molecular flexibility index (Phi) is 18.3. The average molecular weight is 1330 g/mol. The van der Waals surface area contributed by atoms with Gasteiger partial charge in [0.15, 0.2) is 48.9 Å². The maximum Gasteiger partial charge on any atom is 0.308 e. The summed E-state index contributed by atoms with van der Waals surface area (Å²) in [6.07, 6.45) is 1.16. The molecule has 12 heterocycles. The van der Waals surface area contributed by atoms with Gasteiger partial charge in [-0.25, -0.2) is 38.7 Å². The third-order valence-corrected chi connectivity index (χ3v) is 24.0. The van der Waals surface area contributed by atoms with E-state index in [0.717, 1.165) is 63.5 Å². The smallest absolute Gasteiger partial charge is 0.308 e. The number of hydrogen-bond donors (Lipinski definition) is 0. The van der Waals surface area contributed by atoms with E-state index in [1.807, 2.05) is 20.8 Å². The van der Waals surface area contributed by atoms with Gasteiger partial charge in [-0.15, -0.1) is 0 Å². The number of carbonyl (C=O) groups excluding carboxylic acids is 6. The Morgan fingerprint density at radius 2 is 0.915 bits per heavy atom. The molecule has 3 unspecified atom stereocenters. The molecule has 1 aromatic rings. The van der Waals surface area contributed by atoms with Gasteiger partial charge in [0, 0.05) is 60.5 Å². The van der Waals surface area contributed by atoms with Gasteiger partial charge in [-0.1, -0.05) is 60.6 Å². The van der Waals surface area contributed by atoms with E-state index in [1.165, 1.54) is 18.3 Å². The lowest BCUT2D eigenvalue weighted by Gasteiger charge is -2.65. The largest absolute Gasteiger partial charge is 0.459 e. The predicted octanol–water partition coefficient (Wildman–Crippen LogP) is 9.55. The van der Waals surface area contributed by atoms with Crippen molar-refractivity contribution in [3.8, 4) is 0 Å². The Balaban J connectivity index is 0.685. The molecule has 0 amide bonds. The lowest BCUT2D eigenvalue weighted by Crippen LogP contribution is -2.74. The molecule has 6 bridgehead atoms. The zero-order chi connectivity index (χ0) is 66.5. The highest BCUT2D eigenvalue weighted by atomic mass is 19.1. The van der Waals surface area contributed by atoms with Gasteiger partial charge < -0.3 is 56.8 Å². The highest BCUT2D eigenvalue weighted by Crippen LogP contribution is 2.67. The molecule has 26 heteroatoms. The molecule has 16 rings (SSSR count). The summed E-state index contributed by atoms with van der Waals surface area (Å²) in [7, 11) is 0. The van der Waals surface area contributed by atoms with Crippen molar-refractivity contribution in [3.05, 3.63) is 35.6 Å². The van der Waals surface area contributed by atoms with Crippen molar-refractivity contribution >= 4 is 42.0 Å². The molecule has 1 aromatic carbocycles. The van der Waals surface area contributed by atoms with Crippen LogP contribution in [0.25, 0.3) is 0 Å². The SMILES string of the molecule is C[C@H]1[C@H](OC(=O)CCC(=O)OCC(COC(=O)CCC(=O)O[C@@H]2OC3O[C@@]4(C)CC[C@H]5[C@H](C)CC[C@@](C)([C@H]2C)[C@@]35OO4)(N=Cc2ccc(F)cc2)OC(=O)CCC(=O)O[C@@H]2O[C@@H]3O[C@]4(C)CC[C@H]5[C@H](C)CC[C@@H]([C@H]2C)[C@@]35OO4)OC2O[C@@]3(C)CC[C@H]4[C@H](C)CC[C@@H]1[C@@]24OO3. The number of carbonyl (C=O) groups is 6. The average Bonchev–Trinajstić information content (AvgIpc) is 1.52. The van der Waals surface area contributed by atoms with Crippen LogP contribution in [0, 0.1) is 76.3 Å². The van der Waals surface area contributed by atoms with Gasteiger partial charge in [0.25, 0.3) is 5.72 Å². The second kappa shape index (κ2) is 25.5. The van der Waals surface area contributed by atoms with Crippen LogP contribution in [-0.2, 0) is 115 Å². The predicted molar refractivity (Wildman–Crippen MR) is 316 cm³/mol. The van der Waals surface area contributed by atoms with Gasteiger partial charge in [-0.05, 0) is 132 Å². The first-order chi connectivity index (χ1) is 44.6. The quantitative estimate of drug-likeness (QED) is 0.0539. The molecule has 3 spiro atoms. The molecule has 25 atom stereocenters. The molecule has 15 fully saturated rings. The first-order valence-electron chi connectivity index (χ1n) is 34.2. The van der Waals surface area contributed by atoms with E-state index in [4.69, 9.17) is 86.2 Å². The molecule has 12 saturated heterocycles. The molecule has 0 radical (unpaired) electrons. The molecule has 3 aliphatic carbocycles. The minimum absolute atomic E-state index is 0.0445. The molecule has 0 N–H and O–H groups in total. The van der Waals surface area contributed by atoms with E-state index in [0.29, 0.717) is 43.1 Å². The zero-order valence-electron chi connectivity index (χ0n) is 55.5. The molecular weight excluding hydrogens is 1230 g/mol. The van der Waals surface area contributed by atoms with Gasteiger partial charge in [-0.2, -0.15) is 0 Å². The third kappa shape index (κ3) is 12.0. The first-order valence-corrected chi connectivity index (χ1v) is 34.2. The van der Waals surface area contributed by atoms with Crippen molar-refractivity contribution in [2.24, 2.45) is 75.5 Å². The number of rotatable bonds is 19. The maximum absolute atomic E-state index is 14.3. The number of ether oxygens (including phenoxy) is 12. The van der Waals surface area contributed by atoms with Crippen LogP contribution in [0.4, 0.5) is 4.39 Å². The highest BCUT2D eigenvalue weighted by Gasteiger charge is 2.76. The number of esters is 6. The van der Waals surface area contributed by atoms with E-state index >= 15 is 0 Å². The second-order valence-electron chi connectivity index (χ2n) is 30.0. The van der Waals surface area contributed by atoms with Crippen molar-refractivity contribution < 1.29 is 119 Å². The van der Waals surface area contributed by atoms with Gasteiger partial charge in [0.2, 0.25) is 36.2 Å². The number of hydrogen-bond acceptors (Lipinski definition) is 25. The second-order valence-corrected chi connectivity index (χ2v) is 30.0. The lowest BCUT2D eigenvalue weighted by atomic mass is 9.50. The summed E-state index contributed by atoms with van der Waals surface area (Å²) in [6.45, 7) is 18.0. The van der Waals surface area contributed by atoms with Crippen LogP contribution in [0.2, 0.25) is 0 Å². The van der Waals surface area contributed by atoms with Crippen LogP contribution < -0.4 is 0 Å². The summed E-state index contributed by atoms with van der Waals surface area (Å²) < 4.78 is 88.3. The molecule has 0 aromatic heterocycles. The molecule has 94 heavy (non-hydrogen) atoms. The highest BCUT2D eigenvalue weighted by molar-refractivity contribution is 5.82. The molecular formula is C68H92FNO24. The molecule has 520 valence electrons. The van der Waals surface area contributed by atoms with Crippen molar-refractivity contribution in [2.75, 3.05) is 13.2 Å². The summed E-state index contributed by atoms with van der Waals surface area (Å²) >= 11 is 0. The van der Waals surface area contributed by atoms with Crippen molar-refractivity contribution in [2.45, 2.75) is 262 Å². The minimum atomic E-state index is -2.40. The van der Waals surface area contributed by atoms with Crippen molar-refractivity contribution in [3.63, 3.8) is 0 Å². The summed E-state index contributed by atoms with van der Waals surface area (Å²) in [6, 6.07) is 5.08. The Morgan fingerprint density at radius 3 is 1.43 bits per heavy atom. The van der Waals surface area contributed by atoms with Crippen LogP contribution in [0.3, 0.4) is 0 Å². The molecule has 25 nitrogen and oxygen atoms in total. The van der Waals surface area contributed by atoms with E-state index < -0.39 is 182 Å². The third-order valence-electron chi connectivity index (χ3n) is 24.0. The number of fused-ring (bicyclic) bond motifs is 6. The normalized spacial score (nSPS) is 45.2. The van der Waals surface area contributed by atoms with Crippen LogP contribution in [-0.4, -0.2) is 133 Å². The summed E-state index contributed by atoms with van der Waals surface area (Å²) in [5.74, 6) is -9.54. The van der Waals surface area contributed by atoms with Crippen molar-refractivity contribution in [1.82, 2.24) is 0 Å². The Labute approximate surface area is 546 Å². The van der Waals surface area contributed by atoms with E-state index in [-0.39, 0.29) is 47.3 Å². The van der Waals surface area contributed by atoms with Gasteiger partial charge in [-0.3, -0.25) is 28.8 Å². The number of halogens is 1. The standard InChI is InChI=1S/C68H92FNO24/c1-36-11-17-47-39(4)55(82-58-66(47)44(36)26-30-62(8,86-58)89-92-66)79-51(73)21-19-49(71)77-34-65(70-33-42-13-15-43(69)16-14-42,85-54(76)24-23-52(74)80-56-40(5)48-18-12-37(2)45-27-31-63(9)87-59(83-56)67(45,48)93-90-63)35-78-50(72)20-22-53(75)81-57-41(6)61(7)29-25-38(3)46-28-32-64(10)88-60(84-57)68(46,61)94-91-64/h13-16,33,36-41,44-48,55-60H,11-12,17-32,34-35H2,1-10H3/t36-,37-,38-,39-,40-,41+,44+,45+,46+,47+,48+,55-,56-,57-,58?,59-,60?,61+,62-,63+,64-,65?,66-,67-,68+/m1/s1. The molecule has 15 aliphatic rings. The van der Waals surface area contributed by atoms with Gasteiger partial charge >= 0.3 is 35.8 Å². The summed E-state index contributed by atoms with van der Waals surface area (Å²) in [5, 5.41) is 0. The van der Waals surface area contributed by atoms with E-state index in [1.54, 1.807) is 20.8 Å². The number of aliphatic imine (C=N–C) groups is 1. The first kappa shape index (κ1) is 67.7. The van der Waals surface area contributed by atoms with Gasteiger partial charge in [0.05, 0.1) is 38.5 Å². The topological polar surface area (TPSA) is 281 Å².